The minimum Gasteiger partial charge on any atom is -0.282 e. The van der Waals surface area contributed by atoms with Crippen LogP contribution in [-0.2, 0) is 0 Å². The van der Waals surface area contributed by atoms with E-state index in [2.05, 4.69) is 52.4 Å². The maximum atomic E-state index is 8.67. The monoisotopic (exact) mass is 491 g/mol. The van der Waals surface area contributed by atoms with E-state index in [0.717, 1.165) is 37.9 Å². The Labute approximate surface area is 221 Å². The number of amidine groups is 2. The molecule has 1 N–H and O–H groups in total. The minimum absolute atomic E-state index is 0.0141. The van der Waals surface area contributed by atoms with Crippen molar-refractivity contribution in [3.63, 3.8) is 0 Å². The maximum Gasteiger partial charge on any atom is 0.161 e. The molecular weight excluding hydrogens is 466 g/mol. The quantitative estimate of drug-likeness (QED) is 0.257. The van der Waals surface area contributed by atoms with Gasteiger partial charge in [-0.15, -0.1) is 0 Å². The molecule has 0 unspecified atom stereocenters. The zero-order valence-electron chi connectivity index (χ0n) is 20.8. The summed E-state index contributed by atoms with van der Waals surface area (Å²) in [5, 5.41) is 12.7. The van der Waals surface area contributed by atoms with E-state index in [-0.39, 0.29) is 5.84 Å². The van der Waals surface area contributed by atoms with Gasteiger partial charge < -0.3 is 0 Å². The van der Waals surface area contributed by atoms with Crippen molar-refractivity contribution in [1.82, 2.24) is 9.97 Å². The minimum atomic E-state index is 0.0141. The van der Waals surface area contributed by atoms with Gasteiger partial charge >= 0.3 is 0 Å². The van der Waals surface area contributed by atoms with Crippen LogP contribution in [0.5, 0.6) is 0 Å². The number of aliphatic imine (C=N–C) groups is 2. The average molecular weight is 492 g/mol. The van der Waals surface area contributed by atoms with Crippen LogP contribution in [0, 0.1) is 5.41 Å². The molecule has 5 rings (SSSR count). The SMILES string of the molecule is C=C(/C=c1/ccccc1=C)C(=N)N=C(N=Cc1ccc2ccccc2c1)c1cccc(-c2ncccn2)c1. The third-order valence-corrected chi connectivity index (χ3v) is 5.96. The molecule has 0 atom stereocenters. The van der Waals surface area contributed by atoms with Crippen molar-refractivity contribution >= 4 is 41.3 Å². The van der Waals surface area contributed by atoms with Crippen molar-refractivity contribution in [2.75, 3.05) is 0 Å². The molecule has 0 aliphatic heterocycles. The number of aromatic nitrogens is 2. The first-order valence-electron chi connectivity index (χ1n) is 12.1. The molecule has 0 fully saturated rings. The third-order valence-electron chi connectivity index (χ3n) is 5.96. The highest BCUT2D eigenvalue weighted by molar-refractivity contribution is 6.15. The smallest absolute Gasteiger partial charge is 0.161 e. The van der Waals surface area contributed by atoms with E-state index in [1.807, 2.05) is 72.8 Å². The number of hydrogen-bond acceptors (Lipinski definition) is 3. The number of rotatable bonds is 5. The molecule has 0 aliphatic rings. The van der Waals surface area contributed by atoms with Crippen LogP contribution < -0.4 is 10.4 Å². The van der Waals surface area contributed by atoms with Gasteiger partial charge in [0.2, 0.25) is 0 Å². The molecule has 0 bridgehead atoms. The predicted octanol–water partition coefficient (Wildman–Crippen LogP) is 5.59. The van der Waals surface area contributed by atoms with Crippen molar-refractivity contribution in [2.45, 2.75) is 0 Å². The van der Waals surface area contributed by atoms with Gasteiger partial charge in [-0.3, -0.25) is 5.41 Å². The van der Waals surface area contributed by atoms with Gasteiger partial charge in [-0.2, -0.15) is 0 Å². The number of hydrogen-bond donors (Lipinski definition) is 1. The Kier molecular flexibility index (Phi) is 7.18. The molecule has 5 heteroatoms. The van der Waals surface area contributed by atoms with Crippen molar-refractivity contribution in [3.05, 3.63) is 143 Å². The van der Waals surface area contributed by atoms with E-state index in [0.29, 0.717) is 17.2 Å². The van der Waals surface area contributed by atoms with Crippen LogP contribution in [0.3, 0.4) is 0 Å². The van der Waals surface area contributed by atoms with Gasteiger partial charge in [0.1, 0.15) is 0 Å². The molecule has 4 aromatic carbocycles. The van der Waals surface area contributed by atoms with Crippen LogP contribution in [0.15, 0.2) is 132 Å². The summed E-state index contributed by atoms with van der Waals surface area (Å²) in [6.45, 7) is 8.12. The second-order valence-corrected chi connectivity index (χ2v) is 8.67. The Morgan fingerprint density at radius 2 is 1.55 bits per heavy atom. The molecule has 1 aromatic heterocycles. The molecule has 1 heterocycles. The van der Waals surface area contributed by atoms with Crippen LogP contribution in [0.4, 0.5) is 0 Å². The molecule has 5 nitrogen and oxygen atoms in total. The molecule has 0 saturated carbocycles. The lowest BCUT2D eigenvalue weighted by Crippen LogP contribution is -2.22. The van der Waals surface area contributed by atoms with E-state index < -0.39 is 0 Å². The van der Waals surface area contributed by atoms with Gasteiger partial charge in [-0.1, -0.05) is 92.0 Å². The van der Waals surface area contributed by atoms with E-state index in [4.69, 9.17) is 10.4 Å². The second-order valence-electron chi connectivity index (χ2n) is 8.67. The van der Waals surface area contributed by atoms with Crippen molar-refractivity contribution in [2.24, 2.45) is 9.98 Å². The Morgan fingerprint density at radius 3 is 2.37 bits per heavy atom. The molecule has 0 aliphatic carbocycles. The molecule has 0 spiro atoms. The summed E-state index contributed by atoms with van der Waals surface area (Å²) < 4.78 is 0. The van der Waals surface area contributed by atoms with E-state index in [1.165, 1.54) is 0 Å². The Hall–Kier alpha value is -5.29. The van der Waals surface area contributed by atoms with Gasteiger partial charge in [-0.05, 0) is 51.0 Å². The summed E-state index contributed by atoms with van der Waals surface area (Å²) in [5.74, 6) is 1.01. The van der Waals surface area contributed by atoms with Gasteiger partial charge in [0.25, 0.3) is 0 Å². The highest BCUT2D eigenvalue weighted by atomic mass is 14.9. The second kappa shape index (κ2) is 11.2. The van der Waals surface area contributed by atoms with Crippen LogP contribution >= 0.6 is 0 Å². The van der Waals surface area contributed by atoms with Crippen molar-refractivity contribution in [3.8, 4) is 11.4 Å². The standard InChI is InChI=1S/C33H25N5/c1-23-9-3-4-11-27(23)19-24(2)31(34)38-33(30-14-7-13-29(21-30)32-35-17-8-18-36-32)37-22-25-15-16-26-10-5-6-12-28(26)20-25/h3-22,34H,1-2H2/b27-19-,34-31?,37-22?,38-33?. The lowest BCUT2D eigenvalue weighted by atomic mass is 10.1. The summed E-state index contributed by atoms with van der Waals surface area (Å²) in [5.41, 5.74) is 2.96. The highest BCUT2D eigenvalue weighted by Gasteiger charge is 2.09. The summed E-state index contributed by atoms with van der Waals surface area (Å²) >= 11 is 0. The van der Waals surface area contributed by atoms with Gasteiger partial charge in [0.05, 0.1) is 0 Å². The molecule has 0 amide bonds. The fraction of sp³-hybridized carbons (Fsp3) is 0. The van der Waals surface area contributed by atoms with Crippen LogP contribution in [-0.4, -0.2) is 27.9 Å². The van der Waals surface area contributed by atoms with E-state index in [1.54, 1.807) is 24.7 Å². The van der Waals surface area contributed by atoms with Crippen LogP contribution in [0.2, 0.25) is 0 Å². The first-order valence-corrected chi connectivity index (χ1v) is 12.1. The molecule has 5 aromatic rings. The van der Waals surface area contributed by atoms with Gasteiger partial charge in [-0.25, -0.2) is 20.0 Å². The lowest BCUT2D eigenvalue weighted by molar-refractivity contribution is 1.18. The Balaban J connectivity index is 1.55. The Morgan fingerprint density at radius 1 is 0.789 bits per heavy atom. The Bertz CT molecular complexity index is 1820. The molecular formula is C33H25N5. The first kappa shape index (κ1) is 24.4. The highest BCUT2D eigenvalue weighted by Crippen LogP contribution is 2.18. The summed E-state index contributed by atoms with van der Waals surface area (Å²) in [7, 11) is 0. The van der Waals surface area contributed by atoms with Crippen molar-refractivity contribution in [1.29, 1.82) is 5.41 Å². The summed E-state index contributed by atoms with van der Waals surface area (Å²) in [6, 6.07) is 31.5. The van der Waals surface area contributed by atoms with Crippen LogP contribution in [0.1, 0.15) is 11.1 Å². The topological polar surface area (TPSA) is 74.3 Å². The lowest BCUT2D eigenvalue weighted by Gasteiger charge is -2.06. The fourth-order valence-corrected chi connectivity index (χ4v) is 3.95. The molecule has 0 saturated heterocycles. The molecule has 182 valence electrons. The van der Waals surface area contributed by atoms with Crippen molar-refractivity contribution < 1.29 is 0 Å². The average Bonchev–Trinajstić information content (AvgIpc) is 2.96. The summed E-state index contributed by atoms with van der Waals surface area (Å²) in [4.78, 5) is 18.0. The molecule has 0 radical (unpaired) electrons. The summed E-state index contributed by atoms with van der Waals surface area (Å²) in [6.07, 6.45) is 6.99. The van der Waals surface area contributed by atoms with E-state index in [9.17, 15) is 0 Å². The van der Waals surface area contributed by atoms with Gasteiger partial charge in [0.15, 0.2) is 17.5 Å². The molecule has 38 heavy (non-hydrogen) atoms. The fourth-order valence-electron chi connectivity index (χ4n) is 3.95. The number of nitrogens with one attached hydrogen (secondary N) is 1. The number of benzene rings is 4. The normalized spacial score (nSPS) is 12.2. The number of nitrogens with zero attached hydrogens (tertiary/aromatic N) is 4. The maximum absolute atomic E-state index is 8.67. The zero-order valence-corrected chi connectivity index (χ0v) is 20.8. The largest absolute Gasteiger partial charge is 0.282 e. The third kappa shape index (κ3) is 5.74. The van der Waals surface area contributed by atoms with E-state index >= 15 is 0 Å². The predicted molar refractivity (Wildman–Crippen MR) is 158 cm³/mol. The van der Waals surface area contributed by atoms with Crippen LogP contribution in [0.25, 0.3) is 34.8 Å². The van der Waals surface area contributed by atoms with Gasteiger partial charge in [0, 0.05) is 35.3 Å². The zero-order chi connectivity index (χ0) is 26.3. The first-order chi connectivity index (χ1) is 18.6. The number of fused-ring (bicyclic) bond motifs is 1.